The molecule has 0 bridgehead atoms. The fourth-order valence-electron chi connectivity index (χ4n) is 2.68. The number of amides is 1. The molecule has 1 aliphatic carbocycles. The SMILES string of the molecule is CC1CCC(NC(=O)c2cccnc2F)C(C)C1. The molecule has 0 aromatic carbocycles. The maximum absolute atomic E-state index is 13.4. The molecule has 1 amide bonds. The molecular weight excluding hydrogens is 231 g/mol. The minimum Gasteiger partial charge on any atom is -0.349 e. The van der Waals surface area contributed by atoms with Gasteiger partial charge in [0.05, 0.1) is 5.56 Å². The number of hydrogen-bond acceptors (Lipinski definition) is 2. The second-order valence-electron chi connectivity index (χ2n) is 5.32. The number of nitrogens with zero attached hydrogens (tertiary/aromatic N) is 1. The van der Waals surface area contributed by atoms with Crippen molar-refractivity contribution in [3.05, 3.63) is 29.8 Å². The van der Waals surface area contributed by atoms with E-state index in [1.165, 1.54) is 12.3 Å². The van der Waals surface area contributed by atoms with Crippen LogP contribution >= 0.6 is 0 Å². The fraction of sp³-hybridized carbons (Fsp3) is 0.571. The van der Waals surface area contributed by atoms with Crippen LogP contribution in [0.2, 0.25) is 0 Å². The minimum atomic E-state index is -0.702. The van der Waals surface area contributed by atoms with Gasteiger partial charge in [0.1, 0.15) is 0 Å². The Kier molecular flexibility index (Phi) is 3.94. The fourth-order valence-corrected chi connectivity index (χ4v) is 2.68. The van der Waals surface area contributed by atoms with Gasteiger partial charge in [-0.15, -0.1) is 0 Å². The Labute approximate surface area is 107 Å². The molecule has 3 nitrogen and oxygen atoms in total. The molecule has 0 radical (unpaired) electrons. The van der Waals surface area contributed by atoms with Gasteiger partial charge in [0.25, 0.3) is 5.91 Å². The van der Waals surface area contributed by atoms with Crippen LogP contribution in [0.3, 0.4) is 0 Å². The molecule has 0 aliphatic heterocycles. The van der Waals surface area contributed by atoms with Crippen LogP contribution in [0.25, 0.3) is 0 Å². The summed E-state index contributed by atoms with van der Waals surface area (Å²) in [5, 5.41) is 2.93. The summed E-state index contributed by atoms with van der Waals surface area (Å²) in [6, 6.07) is 3.19. The number of carbonyl (C=O) groups is 1. The summed E-state index contributed by atoms with van der Waals surface area (Å²) in [7, 11) is 0. The van der Waals surface area contributed by atoms with Crippen molar-refractivity contribution in [2.45, 2.75) is 39.2 Å². The Balaban J connectivity index is 2.02. The monoisotopic (exact) mass is 250 g/mol. The highest BCUT2D eigenvalue weighted by Gasteiger charge is 2.27. The lowest BCUT2D eigenvalue weighted by atomic mass is 9.80. The predicted molar refractivity (Wildman–Crippen MR) is 67.6 cm³/mol. The Morgan fingerprint density at radius 1 is 1.44 bits per heavy atom. The summed E-state index contributed by atoms with van der Waals surface area (Å²) in [6.07, 6.45) is 4.54. The van der Waals surface area contributed by atoms with E-state index in [0.29, 0.717) is 11.8 Å². The van der Waals surface area contributed by atoms with Gasteiger partial charge in [0, 0.05) is 12.2 Å². The molecule has 1 saturated carbocycles. The Morgan fingerprint density at radius 3 is 2.89 bits per heavy atom. The first-order chi connectivity index (χ1) is 8.58. The van der Waals surface area contributed by atoms with Crippen molar-refractivity contribution in [1.29, 1.82) is 0 Å². The minimum absolute atomic E-state index is 0.0309. The lowest BCUT2D eigenvalue weighted by molar-refractivity contribution is 0.0894. The van der Waals surface area contributed by atoms with Gasteiger partial charge in [-0.3, -0.25) is 4.79 Å². The predicted octanol–water partition coefficient (Wildman–Crippen LogP) is 2.78. The third kappa shape index (κ3) is 2.86. The molecule has 1 aromatic heterocycles. The first-order valence-electron chi connectivity index (χ1n) is 6.49. The molecule has 2 rings (SSSR count). The van der Waals surface area contributed by atoms with Crippen LogP contribution in [0.1, 0.15) is 43.5 Å². The Morgan fingerprint density at radius 2 is 2.22 bits per heavy atom. The number of pyridine rings is 1. The summed E-state index contributed by atoms with van der Waals surface area (Å²) in [5.41, 5.74) is 0.0309. The Bertz CT molecular complexity index is 436. The third-order valence-electron chi connectivity index (χ3n) is 3.75. The molecule has 18 heavy (non-hydrogen) atoms. The van der Waals surface area contributed by atoms with E-state index in [4.69, 9.17) is 0 Å². The van der Waals surface area contributed by atoms with Crippen molar-refractivity contribution < 1.29 is 9.18 Å². The summed E-state index contributed by atoms with van der Waals surface area (Å²) >= 11 is 0. The van der Waals surface area contributed by atoms with E-state index in [2.05, 4.69) is 24.1 Å². The topological polar surface area (TPSA) is 42.0 Å². The largest absolute Gasteiger partial charge is 0.349 e. The van der Waals surface area contributed by atoms with Crippen LogP contribution in [0.4, 0.5) is 4.39 Å². The van der Waals surface area contributed by atoms with Crippen LogP contribution in [0, 0.1) is 17.8 Å². The molecule has 1 heterocycles. The van der Waals surface area contributed by atoms with E-state index in [-0.39, 0.29) is 17.5 Å². The van der Waals surface area contributed by atoms with Crippen LogP contribution in [0.15, 0.2) is 18.3 Å². The van der Waals surface area contributed by atoms with Crippen LogP contribution < -0.4 is 5.32 Å². The van der Waals surface area contributed by atoms with E-state index < -0.39 is 5.95 Å². The molecule has 1 aromatic rings. The summed E-state index contributed by atoms with van der Waals surface area (Å²) < 4.78 is 13.4. The molecule has 0 spiro atoms. The van der Waals surface area contributed by atoms with Gasteiger partial charge in [0.15, 0.2) is 0 Å². The van der Waals surface area contributed by atoms with Gasteiger partial charge in [-0.05, 0) is 43.2 Å². The number of hydrogen-bond donors (Lipinski definition) is 1. The molecule has 3 unspecified atom stereocenters. The Hall–Kier alpha value is -1.45. The second kappa shape index (κ2) is 5.46. The van der Waals surface area contributed by atoms with Crippen LogP contribution in [0.5, 0.6) is 0 Å². The molecule has 98 valence electrons. The van der Waals surface area contributed by atoms with E-state index in [0.717, 1.165) is 19.3 Å². The maximum Gasteiger partial charge on any atom is 0.256 e. The molecule has 4 heteroatoms. The average Bonchev–Trinajstić information content (AvgIpc) is 2.33. The second-order valence-corrected chi connectivity index (χ2v) is 5.32. The number of aromatic nitrogens is 1. The smallest absolute Gasteiger partial charge is 0.256 e. The summed E-state index contributed by atoms with van der Waals surface area (Å²) in [6.45, 7) is 4.37. The van der Waals surface area contributed by atoms with Crippen molar-refractivity contribution in [1.82, 2.24) is 10.3 Å². The zero-order valence-corrected chi connectivity index (χ0v) is 10.8. The summed E-state index contributed by atoms with van der Waals surface area (Å²) in [5.74, 6) is 0.0968. The molecule has 1 aliphatic rings. The van der Waals surface area contributed by atoms with Crippen LogP contribution in [-0.2, 0) is 0 Å². The number of rotatable bonds is 2. The standard InChI is InChI=1S/C14H19FN2O/c1-9-5-6-12(10(2)8-9)17-14(18)11-4-3-7-16-13(11)15/h3-4,7,9-10,12H,5-6,8H2,1-2H3,(H,17,18). The number of nitrogens with one attached hydrogen (secondary N) is 1. The van der Waals surface area contributed by atoms with E-state index >= 15 is 0 Å². The van der Waals surface area contributed by atoms with E-state index in [1.54, 1.807) is 6.07 Å². The van der Waals surface area contributed by atoms with Crippen molar-refractivity contribution in [3.8, 4) is 0 Å². The molecule has 0 saturated heterocycles. The number of carbonyl (C=O) groups excluding carboxylic acids is 1. The molecular formula is C14H19FN2O. The third-order valence-corrected chi connectivity index (χ3v) is 3.75. The van der Waals surface area contributed by atoms with Crippen molar-refractivity contribution in [2.75, 3.05) is 0 Å². The average molecular weight is 250 g/mol. The van der Waals surface area contributed by atoms with E-state index in [1.807, 2.05) is 0 Å². The van der Waals surface area contributed by atoms with Gasteiger partial charge in [-0.2, -0.15) is 4.39 Å². The molecule has 3 atom stereocenters. The highest BCUT2D eigenvalue weighted by molar-refractivity contribution is 5.94. The normalized spacial score (nSPS) is 27.8. The van der Waals surface area contributed by atoms with Gasteiger partial charge >= 0.3 is 0 Å². The van der Waals surface area contributed by atoms with Crippen molar-refractivity contribution in [3.63, 3.8) is 0 Å². The number of halogens is 1. The lowest BCUT2D eigenvalue weighted by Crippen LogP contribution is -2.42. The quantitative estimate of drug-likeness (QED) is 0.820. The van der Waals surface area contributed by atoms with Crippen molar-refractivity contribution in [2.24, 2.45) is 11.8 Å². The zero-order chi connectivity index (χ0) is 13.1. The van der Waals surface area contributed by atoms with Gasteiger partial charge in [-0.1, -0.05) is 13.8 Å². The maximum atomic E-state index is 13.4. The van der Waals surface area contributed by atoms with E-state index in [9.17, 15) is 9.18 Å². The highest BCUT2D eigenvalue weighted by atomic mass is 19.1. The van der Waals surface area contributed by atoms with Gasteiger partial charge < -0.3 is 5.32 Å². The summed E-state index contributed by atoms with van der Waals surface area (Å²) in [4.78, 5) is 15.5. The van der Waals surface area contributed by atoms with Crippen LogP contribution in [-0.4, -0.2) is 16.9 Å². The molecule has 1 N–H and O–H groups in total. The molecule has 1 fully saturated rings. The lowest BCUT2D eigenvalue weighted by Gasteiger charge is -2.33. The first kappa shape index (κ1) is 13.0. The highest BCUT2D eigenvalue weighted by Crippen LogP contribution is 2.28. The van der Waals surface area contributed by atoms with Gasteiger partial charge in [0.2, 0.25) is 5.95 Å². The first-order valence-corrected chi connectivity index (χ1v) is 6.49. The zero-order valence-electron chi connectivity index (χ0n) is 10.8. The van der Waals surface area contributed by atoms with Gasteiger partial charge in [-0.25, -0.2) is 4.98 Å². The van der Waals surface area contributed by atoms with Crippen molar-refractivity contribution >= 4 is 5.91 Å².